The third-order valence-corrected chi connectivity index (χ3v) is 7.78. The van der Waals surface area contributed by atoms with Crippen LogP contribution in [-0.4, -0.2) is 5.71 Å². The molecule has 178 valence electrons. The van der Waals surface area contributed by atoms with Crippen molar-refractivity contribution in [1.82, 2.24) is 0 Å². The lowest BCUT2D eigenvalue weighted by atomic mass is 9.82. The van der Waals surface area contributed by atoms with E-state index in [1.807, 2.05) is 12.1 Å². The Kier molecular flexibility index (Phi) is 4.62. The van der Waals surface area contributed by atoms with E-state index in [0.717, 1.165) is 38.9 Å². The van der Waals surface area contributed by atoms with Crippen LogP contribution in [0.5, 0.6) is 0 Å². The maximum absolute atomic E-state index is 6.46. The van der Waals surface area contributed by atoms with Gasteiger partial charge >= 0.3 is 0 Å². The van der Waals surface area contributed by atoms with Crippen molar-refractivity contribution >= 4 is 44.1 Å². The van der Waals surface area contributed by atoms with E-state index in [1.165, 1.54) is 33.0 Å². The smallest absolute Gasteiger partial charge is 0.144 e. The molecule has 1 unspecified atom stereocenters. The molecule has 2 heterocycles. The molecule has 2 heteroatoms. The van der Waals surface area contributed by atoms with Crippen LogP contribution in [0.25, 0.3) is 43.8 Å². The molecule has 0 aliphatic carbocycles. The van der Waals surface area contributed by atoms with Gasteiger partial charge in [-0.3, -0.25) is 4.99 Å². The number of hydrogen-bond donors (Lipinski definition) is 0. The van der Waals surface area contributed by atoms with Gasteiger partial charge in [0, 0.05) is 16.3 Å². The summed E-state index contributed by atoms with van der Waals surface area (Å²) >= 11 is 0. The second-order valence-corrected chi connectivity index (χ2v) is 9.92. The molecule has 8 rings (SSSR count). The average Bonchev–Trinajstić information content (AvgIpc) is 3.56. The first-order valence-corrected chi connectivity index (χ1v) is 13.0. The Morgan fingerprint density at radius 1 is 0.526 bits per heavy atom. The minimum atomic E-state index is -0.000245. The SMILES string of the molecule is c1ccc(-c2ccc3cccc(C4C(c5cccc6c5oc5ccccc56)=Nc5ccccc54)c3c2)cc1. The molecule has 1 aliphatic rings. The highest BCUT2D eigenvalue weighted by molar-refractivity contribution is 6.21. The van der Waals surface area contributed by atoms with Gasteiger partial charge in [0.15, 0.2) is 0 Å². The van der Waals surface area contributed by atoms with Gasteiger partial charge in [-0.25, -0.2) is 0 Å². The third kappa shape index (κ3) is 3.17. The fraction of sp³-hybridized carbons (Fsp3) is 0.0278. The second-order valence-electron chi connectivity index (χ2n) is 9.92. The molecule has 6 aromatic carbocycles. The minimum Gasteiger partial charge on any atom is -0.455 e. The van der Waals surface area contributed by atoms with Crippen LogP contribution in [0.1, 0.15) is 22.6 Å². The van der Waals surface area contributed by atoms with Crippen LogP contribution < -0.4 is 0 Å². The zero-order valence-electron chi connectivity index (χ0n) is 20.6. The van der Waals surface area contributed by atoms with Crippen LogP contribution >= 0.6 is 0 Å². The lowest BCUT2D eigenvalue weighted by Gasteiger charge is -2.19. The molecule has 1 aliphatic heterocycles. The molecule has 0 saturated carbocycles. The summed E-state index contributed by atoms with van der Waals surface area (Å²) in [5, 5.41) is 4.74. The number of fused-ring (bicyclic) bond motifs is 5. The van der Waals surface area contributed by atoms with Crippen molar-refractivity contribution in [1.29, 1.82) is 0 Å². The van der Waals surface area contributed by atoms with Gasteiger partial charge in [0.25, 0.3) is 0 Å². The molecule has 0 bridgehead atoms. The van der Waals surface area contributed by atoms with Crippen molar-refractivity contribution in [2.45, 2.75) is 5.92 Å². The predicted octanol–water partition coefficient (Wildman–Crippen LogP) is 9.67. The molecule has 1 atom stereocenters. The number of rotatable bonds is 3. The molecule has 7 aromatic rings. The van der Waals surface area contributed by atoms with Crippen molar-refractivity contribution < 1.29 is 4.42 Å². The second kappa shape index (κ2) is 8.29. The number of nitrogens with zero attached hydrogens (tertiary/aromatic N) is 1. The van der Waals surface area contributed by atoms with E-state index in [1.54, 1.807) is 0 Å². The largest absolute Gasteiger partial charge is 0.455 e. The summed E-state index contributed by atoms with van der Waals surface area (Å²) in [6.45, 7) is 0. The van der Waals surface area contributed by atoms with Crippen LogP contribution in [0.15, 0.2) is 143 Å². The molecule has 0 N–H and O–H groups in total. The summed E-state index contributed by atoms with van der Waals surface area (Å²) in [7, 11) is 0. The van der Waals surface area contributed by atoms with Crippen molar-refractivity contribution in [2.24, 2.45) is 4.99 Å². The van der Waals surface area contributed by atoms with E-state index < -0.39 is 0 Å². The van der Waals surface area contributed by atoms with Gasteiger partial charge in [-0.15, -0.1) is 0 Å². The Hall–Kier alpha value is -4.95. The summed E-state index contributed by atoms with van der Waals surface area (Å²) in [4.78, 5) is 5.24. The topological polar surface area (TPSA) is 25.5 Å². The van der Waals surface area contributed by atoms with Crippen molar-refractivity contribution in [3.05, 3.63) is 150 Å². The van der Waals surface area contributed by atoms with E-state index in [9.17, 15) is 0 Å². The van der Waals surface area contributed by atoms with Gasteiger partial charge < -0.3 is 4.42 Å². The first-order chi connectivity index (χ1) is 18.8. The molecule has 1 aromatic heterocycles. The van der Waals surface area contributed by atoms with Crippen LogP contribution in [-0.2, 0) is 0 Å². The number of aliphatic imine (C=N–C) groups is 1. The average molecular weight is 486 g/mol. The first-order valence-electron chi connectivity index (χ1n) is 13.0. The normalized spacial score (nSPS) is 14.7. The van der Waals surface area contributed by atoms with Gasteiger partial charge in [-0.2, -0.15) is 0 Å². The van der Waals surface area contributed by atoms with Crippen molar-refractivity contribution in [3.63, 3.8) is 0 Å². The van der Waals surface area contributed by atoms with Gasteiger partial charge in [0.05, 0.1) is 17.3 Å². The van der Waals surface area contributed by atoms with Crippen LogP contribution in [0.3, 0.4) is 0 Å². The maximum Gasteiger partial charge on any atom is 0.144 e. The highest BCUT2D eigenvalue weighted by atomic mass is 16.3. The number of benzene rings is 6. The standard InChI is InChI=1S/C36H23NO/c1-2-10-23(11-3-1)25-21-20-24-12-8-15-27(31(24)22-25)34-29-14-4-6-18-32(29)37-35(34)30-17-9-16-28-26-13-5-7-19-33(26)38-36(28)30/h1-22,34H. The summed E-state index contributed by atoms with van der Waals surface area (Å²) < 4.78 is 6.46. The molecular formula is C36H23NO. The number of furan rings is 1. The summed E-state index contributed by atoms with van der Waals surface area (Å²) in [5.74, 6) is -0.000245. The quantitative estimate of drug-likeness (QED) is 0.245. The Balaban J connectivity index is 1.38. The molecule has 0 radical (unpaired) electrons. The van der Waals surface area contributed by atoms with E-state index in [2.05, 4.69) is 121 Å². The number of hydrogen-bond acceptors (Lipinski definition) is 2. The van der Waals surface area contributed by atoms with E-state index in [4.69, 9.17) is 9.41 Å². The summed E-state index contributed by atoms with van der Waals surface area (Å²) in [5.41, 5.74) is 9.84. The lowest BCUT2D eigenvalue weighted by molar-refractivity contribution is 0.668. The monoisotopic (exact) mass is 485 g/mol. The van der Waals surface area contributed by atoms with E-state index in [0.29, 0.717) is 0 Å². The zero-order chi connectivity index (χ0) is 25.1. The van der Waals surface area contributed by atoms with Crippen LogP contribution in [0.2, 0.25) is 0 Å². The first kappa shape index (κ1) is 21.2. The maximum atomic E-state index is 6.46. The molecule has 0 fully saturated rings. The van der Waals surface area contributed by atoms with Crippen molar-refractivity contribution in [2.75, 3.05) is 0 Å². The van der Waals surface area contributed by atoms with Gasteiger partial charge in [0.1, 0.15) is 11.2 Å². The highest BCUT2D eigenvalue weighted by Gasteiger charge is 2.32. The highest BCUT2D eigenvalue weighted by Crippen LogP contribution is 2.45. The van der Waals surface area contributed by atoms with Gasteiger partial charge in [-0.05, 0) is 57.3 Å². The van der Waals surface area contributed by atoms with Gasteiger partial charge in [-0.1, -0.05) is 109 Å². The number of para-hydroxylation sites is 3. The lowest BCUT2D eigenvalue weighted by Crippen LogP contribution is -2.12. The van der Waals surface area contributed by atoms with Crippen LogP contribution in [0, 0.1) is 0 Å². The Morgan fingerprint density at radius 2 is 1.29 bits per heavy atom. The van der Waals surface area contributed by atoms with Crippen LogP contribution in [0.4, 0.5) is 5.69 Å². The molecular weight excluding hydrogens is 462 g/mol. The summed E-state index contributed by atoms with van der Waals surface area (Å²) in [6.07, 6.45) is 0. The molecule has 2 nitrogen and oxygen atoms in total. The fourth-order valence-electron chi connectivity index (χ4n) is 6.01. The van der Waals surface area contributed by atoms with E-state index in [-0.39, 0.29) is 5.92 Å². The molecule has 0 spiro atoms. The van der Waals surface area contributed by atoms with Crippen molar-refractivity contribution in [3.8, 4) is 11.1 Å². The zero-order valence-corrected chi connectivity index (χ0v) is 20.6. The Labute approximate surface area is 220 Å². The summed E-state index contributed by atoms with van der Waals surface area (Å²) in [6, 6.07) is 47.2. The predicted molar refractivity (Wildman–Crippen MR) is 158 cm³/mol. The Bertz CT molecular complexity index is 2030. The molecule has 0 saturated heterocycles. The molecule has 0 amide bonds. The Morgan fingerprint density at radius 3 is 2.24 bits per heavy atom. The van der Waals surface area contributed by atoms with E-state index >= 15 is 0 Å². The van der Waals surface area contributed by atoms with Gasteiger partial charge in [0.2, 0.25) is 0 Å². The third-order valence-electron chi connectivity index (χ3n) is 7.78. The fourth-order valence-corrected chi connectivity index (χ4v) is 6.01. The minimum absolute atomic E-state index is 0.000245. The molecule has 38 heavy (non-hydrogen) atoms.